The zero-order chi connectivity index (χ0) is 11.8. The predicted octanol–water partition coefficient (Wildman–Crippen LogP) is 3.69. The highest BCUT2D eigenvalue weighted by molar-refractivity contribution is 9.10. The van der Waals surface area contributed by atoms with E-state index in [1.807, 2.05) is 24.3 Å². The molecular weight excluding hydrogens is 282 g/mol. The lowest BCUT2D eigenvalue weighted by Gasteiger charge is -1.96. The second-order valence-electron chi connectivity index (χ2n) is 3.70. The van der Waals surface area contributed by atoms with E-state index in [9.17, 15) is 4.79 Å². The molecule has 0 saturated carbocycles. The smallest absolute Gasteiger partial charge is 0.211 e. The average molecular weight is 290 g/mol. The molecule has 3 nitrogen and oxygen atoms in total. The zero-order valence-electron chi connectivity index (χ0n) is 8.74. The van der Waals surface area contributed by atoms with Crippen molar-refractivity contribution in [3.63, 3.8) is 0 Å². The van der Waals surface area contributed by atoms with E-state index in [1.54, 1.807) is 18.2 Å². The average Bonchev–Trinajstić information content (AvgIpc) is 2.86. The topological polar surface area (TPSA) is 42.2 Å². The molecule has 0 atom stereocenters. The maximum Gasteiger partial charge on any atom is 0.211 e. The standard InChI is InChI=1S/C13H8BrNO2/c14-12-6-5-8(17-12)7-11-13(16)9-3-1-2-4-10(9)15-11/h1-7,15H. The molecule has 84 valence electrons. The molecule has 17 heavy (non-hydrogen) atoms. The number of carbonyl (C=O) groups is 1. The molecule has 1 aromatic heterocycles. The summed E-state index contributed by atoms with van der Waals surface area (Å²) >= 11 is 3.22. The molecule has 0 spiro atoms. The minimum absolute atomic E-state index is 0.00637. The summed E-state index contributed by atoms with van der Waals surface area (Å²) in [5.74, 6) is 0.633. The number of halogens is 1. The SMILES string of the molecule is O=C1C(=Cc2ccc(Br)o2)Nc2ccccc21. The van der Waals surface area contributed by atoms with E-state index in [0.29, 0.717) is 21.7 Å². The molecule has 0 saturated heterocycles. The molecule has 3 rings (SSSR count). The summed E-state index contributed by atoms with van der Waals surface area (Å²) < 4.78 is 5.99. The minimum Gasteiger partial charge on any atom is -0.450 e. The molecule has 1 aliphatic heterocycles. The summed E-state index contributed by atoms with van der Waals surface area (Å²) in [6, 6.07) is 11.0. The third-order valence-corrected chi connectivity index (χ3v) is 2.99. The molecule has 2 aromatic rings. The van der Waals surface area contributed by atoms with Gasteiger partial charge in [0.1, 0.15) is 5.76 Å². The van der Waals surface area contributed by atoms with Gasteiger partial charge in [-0.25, -0.2) is 0 Å². The van der Waals surface area contributed by atoms with Crippen LogP contribution in [0.4, 0.5) is 5.69 Å². The molecule has 0 radical (unpaired) electrons. The van der Waals surface area contributed by atoms with Crippen LogP contribution in [0.2, 0.25) is 0 Å². The minimum atomic E-state index is -0.00637. The van der Waals surface area contributed by atoms with Crippen LogP contribution in [0.1, 0.15) is 16.1 Å². The Bertz CT molecular complexity index is 628. The number of fused-ring (bicyclic) bond motifs is 1. The first-order valence-corrected chi connectivity index (χ1v) is 5.91. The highest BCUT2D eigenvalue weighted by atomic mass is 79.9. The van der Waals surface area contributed by atoms with E-state index in [1.165, 1.54) is 0 Å². The van der Waals surface area contributed by atoms with Crippen molar-refractivity contribution >= 4 is 33.5 Å². The van der Waals surface area contributed by atoms with Crippen molar-refractivity contribution in [3.05, 3.63) is 58.1 Å². The van der Waals surface area contributed by atoms with Gasteiger partial charge in [-0.1, -0.05) is 12.1 Å². The van der Waals surface area contributed by atoms with Crippen LogP contribution in [0.15, 0.2) is 51.2 Å². The van der Waals surface area contributed by atoms with E-state index in [4.69, 9.17) is 4.42 Å². The Morgan fingerprint density at radius 2 is 2.00 bits per heavy atom. The highest BCUT2D eigenvalue weighted by Crippen LogP contribution is 2.29. The Morgan fingerprint density at radius 3 is 2.71 bits per heavy atom. The van der Waals surface area contributed by atoms with Crippen LogP contribution in [0.3, 0.4) is 0 Å². The molecule has 0 fully saturated rings. The van der Waals surface area contributed by atoms with Gasteiger partial charge in [0.25, 0.3) is 0 Å². The van der Waals surface area contributed by atoms with Crippen LogP contribution in [0, 0.1) is 0 Å². The number of rotatable bonds is 1. The molecule has 1 N–H and O–H groups in total. The van der Waals surface area contributed by atoms with Gasteiger partial charge in [0, 0.05) is 17.3 Å². The van der Waals surface area contributed by atoms with Crippen molar-refractivity contribution in [2.75, 3.05) is 5.32 Å². The van der Waals surface area contributed by atoms with Gasteiger partial charge >= 0.3 is 0 Å². The van der Waals surface area contributed by atoms with Gasteiger partial charge in [-0.3, -0.25) is 4.79 Å². The number of furan rings is 1. The molecule has 1 aromatic carbocycles. The third kappa shape index (κ3) is 1.80. The molecular formula is C13H8BrNO2. The summed E-state index contributed by atoms with van der Waals surface area (Å²) in [6.07, 6.45) is 1.70. The van der Waals surface area contributed by atoms with E-state index in [-0.39, 0.29) is 5.78 Å². The number of para-hydroxylation sites is 1. The van der Waals surface area contributed by atoms with Crippen molar-refractivity contribution in [2.45, 2.75) is 0 Å². The van der Waals surface area contributed by atoms with E-state index in [0.717, 1.165) is 5.69 Å². The van der Waals surface area contributed by atoms with Crippen LogP contribution in [0.5, 0.6) is 0 Å². The molecule has 0 bridgehead atoms. The Labute approximate surface area is 106 Å². The maximum absolute atomic E-state index is 12.0. The summed E-state index contributed by atoms with van der Waals surface area (Å²) in [5, 5.41) is 3.08. The van der Waals surface area contributed by atoms with Gasteiger partial charge in [0.2, 0.25) is 5.78 Å². The summed E-state index contributed by atoms with van der Waals surface area (Å²) in [4.78, 5) is 12.0. The number of hydrogen-bond acceptors (Lipinski definition) is 3. The van der Waals surface area contributed by atoms with Gasteiger partial charge in [-0.2, -0.15) is 0 Å². The fraction of sp³-hybridized carbons (Fsp3) is 0. The van der Waals surface area contributed by atoms with Gasteiger partial charge in [0.05, 0.1) is 5.70 Å². The molecule has 0 unspecified atom stereocenters. The van der Waals surface area contributed by atoms with Crippen molar-refractivity contribution in [1.29, 1.82) is 0 Å². The summed E-state index contributed by atoms with van der Waals surface area (Å²) in [7, 11) is 0. The first-order valence-electron chi connectivity index (χ1n) is 5.12. The van der Waals surface area contributed by atoms with Crippen LogP contribution in [0.25, 0.3) is 6.08 Å². The second kappa shape index (κ2) is 3.89. The number of anilines is 1. The fourth-order valence-electron chi connectivity index (χ4n) is 1.79. The van der Waals surface area contributed by atoms with E-state index < -0.39 is 0 Å². The van der Waals surface area contributed by atoms with Crippen LogP contribution in [-0.2, 0) is 0 Å². The van der Waals surface area contributed by atoms with Gasteiger partial charge < -0.3 is 9.73 Å². The van der Waals surface area contributed by atoms with E-state index >= 15 is 0 Å². The normalized spacial score (nSPS) is 16.1. The maximum atomic E-state index is 12.0. The Kier molecular flexibility index (Phi) is 2.37. The molecule has 0 amide bonds. The number of benzene rings is 1. The number of carbonyl (C=O) groups excluding carboxylic acids is 1. The Morgan fingerprint density at radius 1 is 1.18 bits per heavy atom. The number of hydrogen-bond donors (Lipinski definition) is 1. The monoisotopic (exact) mass is 289 g/mol. The lowest BCUT2D eigenvalue weighted by Crippen LogP contribution is -1.99. The number of allylic oxidation sites excluding steroid dienone is 1. The quantitative estimate of drug-likeness (QED) is 0.814. The first-order chi connectivity index (χ1) is 8.24. The summed E-state index contributed by atoms with van der Waals surface area (Å²) in [6.45, 7) is 0. The summed E-state index contributed by atoms with van der Waals surface area (Å²) in [5.41, 5.74) is 2.08. The molecule has 4 heteroatoms. The molecule has 0 aliphatic carbocycles. The predicted molar refractivity (Wildman–Crippen MR) is 68.8 cm³/mol. The van der Waals surface area contributed by atoms with Crippen molar-refractivity contribution < 1.29 is 9.21 Å². The lowest BCUT2D eigenvalue weighted by molar-refractivity contribution is 0.104. The lowest BCUT2D eigenvalue weighted by atomic mass is 10.1. The van der Waals surface area contributed by atoms with E-state index in [2.05, 4.69) is 21.2 Å². The third-order valence-electron chi connectivity index (χ3n) is 2.57. The first kappa shape index (κ1) is 10.4. The largest absolute Gasteiger partial charge is 0.450 e. The molecule has 2 heterocycles. The number of nitrogens with one attached hydrogen (secondary N) is 1. The highest BCUT2D eigenvalue weighted by Gasteiger charge is 2.23. The van der Waals surface area contributed by atoms with Gasteiger partial charge in [-0.05, 0) is 40.2 Å². The molecule has 1 aliphatic rings. The zero-order valence-corrected chi connectivity index (χ0v) is 10.3. The van der Waals surface area contributed by atoms with Crippen LogP contribution >= 0.6 is 15.9 Å². The van der Waals surface area contributed by atoms with Crippen molar-refractivity contribution in [3.8, 4) is 0 Å². The van der Waals surface area contributed by atoms with Crippen LogP contribution in [-0.4, -0.2) is 5.78 Å². The number of Topliss-reactive ketones (excluding diaryl/α,β-unsaturated/α-hetero) is 1. The van der Waals surface area contributed by atoms with Gasteiger partial charge in [0.15, 0.2) is 4.67 Å². The second-order valence-corrected chi connectivity index (χ2v) is 4.48. The van der Waals surface area contributed by atoms with Crippen molar-refractivity contribution in [1.82, 2.24) is 0 Å². The Hall–Kier alpha value is -1.81. The fourth-order valence-corrected chi connectivity index (χ4v) is 2.11. The van der Waals surface area contributed by atoms with Gasteiger partial charge in [-0.15, -0.1) is 0 Å². The van der Waals surface area contributed by atoms with Crippen LogP contribution < -0.4 is 5.32 Å². The Balaban J connectivity index is 1.99. The number of ketones is 1. The van der Waals surface area contributed by atoms with Crippen molar-refractivity contribution in [2.24, 2.45) is 0 Å².